The summed E-state index contributed by atoms with van der Waals surface area (Å²) in [5.41, 5.74) is 1.39. The Morgan fingerprint density at radius 2 is 1.89 bits per heavy atom. The highest BCUT2D eigenvalue weighted by Crippen LogP contribution is 2.26. The van der Waals surface area contributed by atoms with Crippen LogP contribution in [0.15, 0.2) is 30.3 Å². The van der Waals surface area contributed by atoms with Crippen molar-refractivity contribution in [3.8, 4) is 0 Å². The highest BCUT2D eigenvalue weighted by molar-refractivity contribution is 7.98. The molecule has 1 aromatic rings. The molecule has 1 aromatic carbocycles. The molecule has 0 spiro atoms. The van der Waals surface area contributed by atoms with Crippen molar-refractivity contribution in [1.29, 1.82) is 0 Å². The first kappa shape index (κ1) is 14.9. The molecule has 0 bridgehead atoms. The molecule has 0 aliphatic heterocycles. The van der Waals surface area contributed by atoms with E-state index in [1.165, 1.54) is 18.4 Å². The van der Waals surface area contributed by atoms with Crippen LogP contribution in [-0.2, 0) is 0 Å². The topological polar surface area (TPSA) is 32.3 Å². The van der Waals surface area contributed by atoms with Crippen molar-refractivity contribution in [2.75, 3.05) is 18.6 Å². The van der Waals surface area contributed by atoms with E-state index >= 15 is 0 Å². The number of hydrogen-bond acceptors (Lipinski definition) is 3. The molecule has 0 amide bonds. The van der Waals surface area contributed by atoms with Crippen LogP contribution in [0.4, 0.5) is 0 Å². The maximum Gasteiger partial charge on any atom is 0.0459 e. The Labute approximate surface area is 121 Å². The molecule has 1 aliphatic rings. The molecular formula is C16H25NOS. The summed E-state index contributed by atoms with van der Waals surface area (Å²) in [5, 5.41) is 13.0. The highest BCUT2D eigenvalue weighted by Gasteiger charge is 2.23. The maximum absolute atomic E-state index is 9.20. The molecule has 1 saturated carbocycles. The van der Waals surface area contributed by atoms with E-state index in [4.69, 9.17) is 0 Å². The van der Waals surface area contributed by atoms with Crippen molar-refractivity contribution in [3.05, 3.63) is 35.9 Å². The fourth-order valence-electron chi connectivity index (χ4n) is 2.89. The van der Waals surface area contributed by atoms with Crippen molar-refractivity contribution in [1.82, 2.24) is 5.32 Å². The third-order valence-corrected chi connectivity index (χ3v) is 4.74. The Morgan fingerprint density at radius 1 is 1.21 bits per heavy atom. The quantitative estimate of drug-likeness (QED) is 0.838. The first-order valence-electron chi connectivity index (χ1n) is 7.24. The van der Waals surface area contributed by atoms with Crippen molar-refractivity contribution < 1.29 is 5.11 Å². The monoisotopic (exact) mass is 279 g/mol. The van der Waals surface area contributed by atoms with Crippen molar-refractivity contribution in [2.24, 2.45) is 5.92 Å². The SMILES string of the molecule is CSCC(NC1CCC(CO)CC1)c1ccccc1. The van der Waals surface area contributed by atoms with E-state index in [0.29, 0.717) is 24.6 Å². The lowest BCUT2D eigenvalue weighted by atomic mass is 9.86. The highest BCUT2D eigenvalue weighted by atomic mass is 32.2. The molecular weight excluding hydrogens is 254 g/mol. The van der Waals surface area contributed by atoms with Crippen LogP contribution in [0.5, 0.6) is 0 Å². The van der Waals surface area contributed by atoms with Gasteiger partial charge in [0, 0.05) is 24.4 Å². The normalized spacial score (nSPS) is 25.2. The first-order valence-corrected chi connectivity index (χ1v) is 8.63. The van der Waals surface area contributed by atoms with Crippen LogP contribution in [0.2, 0.25) is 0 Å². The predicted octanol–water partition coefficient (Wildman–Crippen LogP) is 3.23. The van der Waals surface area contributed by atoms with Gasteiger partial charge in [-0.25, -0.2) is 0 Å². The summed E-state index contributed by atoms with van der Waals surface area (Å²) in [6.07, 6.45) is 6.88. The van der Waals surface area contributed by atoms with Gasteiger partial charge in [-0.2, -0.15) is 11.8 Å². The third-order valence-electron chi connectivity index (χ3n) is 4.08. The van der Waals surface area contributed by atoms with Crippen LogP contribution < -0.4 is 5.32 Å². The smallest absolute Gasteiger partial charge is 0.0459 e. The van der Waals surface area contributed by atoms with E-state index < -0.39 is 0 Å². The molecule has 2 rings (SSSR count). The maximum atomic E-state index is 9.20. The van der Waals surface area contributed by atoms with Crippen molar-refractivity contribution in [3.63, 3.8) is 0 Å². The fourth-order valence-corrected chi connectivity index (χ4v) is 3.51. The number of benzene rings is 1. The second-order valence-corrected chi connectivity index (χ2v) is 6.40. The molecule has 0 saturated heterocycles. The number of hydrogen-bond donors (Lipinski definition) is 2. The van der Waals surface area contributed by atoms with E-state index in [1.807, 2.05) is 11.8 Å². The van der Waals surface area contributed by atoms with Gasteiger partial charge in [-0.05, 0) is 43.4 Å². The van der Waals surface area contributed by atoms with Crippen LogP contribution in [0.3, 0.4) is 0 Å². The summed E-state index contributed by atoms with van der Waals surface area (Å²) in [6, 6.07) is 11.8. The largest absolute Gasteiger partial charge is 0.396 e. The Bertz CT molecular complexity index is 349. The van der Waals surface area contributed by atoms with Gasteiger partial charge in [0.2, 0.25) is 0 Å². The van der Waals surface area contributed by atoms with Crippen LogP contribution in [0.25, 0.3) is 0 Å². The predicted molar refractivity (Wildman–Crippen MR) is 83.5 cm³/mol. The number of rotatable bonds is 6. The van der Waals surface area contributed by atoms with Crippen molar-refractivity contribution in [2.45, 2.75) is 37.8 Å². The fraction of sp³-hybridized carbons (Fsp3) is 0.625. The van der Waals surface area contributed by atoms with E-state index in [-0.39, 0.29) is 0 Å². The molecule has 0 aromatic heterocycles. The lowest BCUT2D eigenvalue weighted by molar-refractivity contribution is 0.172. The zero-order valence-electron chi connectivity index (χ0n) is 11.7. The molecule has 1 atom stereocenters. The Hall–Kier alpha value is -0.510. The van der Waals surface area contributed by atoms with Gasteiger partial charge in [-0.1, -0.05) is 30.3 Å². The van der Waals surface area contributed by atoms with Gasteiger partial charge in [0.1, 0.15) is 0 Å². The molecule has 1 aliphatic carbocycles. The van der Waals surface area contributed by atoms with Crippen molar-refractivity contribution >= 4 is 11.8 Å². The summed E-state index contributed by atoms with van der Waals surface area (Å²) in [7, 11) is 0. The zero-order valence-corrected chi connectivity index (χ0v) is 12.5. The minimum atomic E-state index is 0.361. The number of thioether (sulfide) groups is 1. The molecule has 0 heterocycles. The van der Waals surface area contributed by atoms with E-state index in [2.05, 4.69) is 41.9 Å². The summed E-state index contributed by atoms with van der Waals surface area (Å²) in [5.74, 6) is 1.65. The molecule has 19 heavy (non-hydrogen) atoms. The Kier molecular flexibility index (Phi) is 6.21. The summed E-state index contributed by atoms with van der Waals surface area (Å²) >= 11 is 1.90. The number of aliphatic hydroxyl groups is 1. The minimum Gasteiger partial charge on any atom is -0.396 e. The molecule has 1 unspecified atom stereocenters. The number of aliphatic hydroxyl groups excluding tert-OH is 1. The summed E-state index contributed by atoms with van der Waals surface area (Å²) in [6.45, 7) is 0.361. The molecule has 106 valence electrons. The Morgan fingerprint density at radius 3 is 2.47 bits per heavy atom. The lowest BCUT2D eigenvalue weighted by Crippen LogP contribution is -2.37. The van der Waals surface area contributed by atoms with Gasteiger partial charge >= 0.3 is 0 Å². The van der Waals surface area contributed by atoms with Crippen LogP contribution >= 0.6 is 11.8 Å². The zero-order chi connectivity index (χ0) is 13.5. The molecule has 1 fully saturated rings. The van der Waals surface area contributed by atoms with Gasteiger partial charge in [-0.3, -0.25) is 0 Å². The lowest BCUT2D eigenvalue weighted by Gasteiger charge is -2.31. The van der Waals surface area contributed by atoms with Gasteiger partial charge in [0.05, 0.1) is 0 Å². The van der Waals surface area contributed by atoms with Gasteiger partial charge < -0.3 is 10.4 Å². The van der Waals surface area contributed by atoms with Crippen LogP contribution in [-0.4, -0.2) is 29.8 Å². The molecule has 2 N–H and O–H groups in total. The number of nitrogens with one attached hydrogen (secondary N) is 1. The van der Waals surface area contributed by atoms with Gasteiger partial charge in [0.25, 0.3) is 0 Å². The average Bonchev–Trinajstić information content (AvgIpc) is 2.48. The van der Waals surface area contributed by atoms with Gasteiger partial charge in [-0.15, -0.1) is 0 Å². The van der Waals surface area contributed by atoms with Crippen LogP contribution in [0.1, 0.15) is 37.3 Å². The second-order valence-electron chi connectivity index (χ2n) is 5.49. The van der Waals surface area contributed by atoms with E-state index in [9.17, 15) is 5.11 Å². The molecule has 2 nitrogen and oxygen atoms in total. The standard InChI is InChI=1S/C16H25NOS/c1-19-12-16(14-5-3-2-4-6-14)17-15-9-7-13(11-18)8-10-15/h2-6,13,15-18H,7-12H2,1H3. The van der Waals surface area contributed by atoms with E-state index in [1.54, 1.807) is 0 Å². The summed E-state index contributed by atoms with van der Waals surface area (Å²) in [4.78, 5) is 0. The van der Waals surface area contributed by atoms with E-state index in [0.717, 1.165) is 18.6 Å². The third kappa shape index (κ3) is 4.51. The van der Waals surface area contributed by atoms with Crippen LogP contribution in [0, 0.1) is 5.92 Å². The molecule has 3 heteroatoms. The van der Waals surface area contributed by atoms with Gasteiger partial charge in [0.15, 0.2) is 0 Å². The summed E-state index contributed by atoms with van der Waals surface area (Å²) < 4.78 is 0. The minimum absolute atomic E-state index is 0.361. The Balaban J connectivity index is 1.91. The second kappa shape index (κ2) is 7.93. The molecule has 0 radical (unpaired) electrons. The first-order chi connectivity index (χ1) is 9.33. The average molecular weight is 279 g/mol.